The second kappa shape index (κ2) is 7.25. The number of piperazine rings is 1. The number of carbonyl (C=O) groups is 1. The topological polar surface area (TPSA) is 88.8 Å². The van der Waals surface area contributed by atoms with Crippen LogP contribution in [0.2, 0.25) is 0 Å². The average molecular weight is 350 g/mol. The normalized spacial score (nSPS) is 18.4. The smallest absolute Gasteiger partial charge is 0.410 e. The van der Waals surface area contributed by atoms with Crippen LogP contribution < -0.4 is 4.90 Å². The number of hydrogen-bond donors (Lipinski definition) is 0. The van der Waals surface area contributed by atoms with Gasteiger partial charge in [-0.1, -0.05) is 13.8 Å². The minimum absolute atomic E-state index is 0.0875. The largest absolute Gasteiger partial charge is 0.444 e. The number of pyridine rings is 1. The Hall–Kier alpha value is -2.38. The molecular formula is C17H26N4O4. The number of nitrogens with zero attached hydrogens (tertiary/aromatic N) is 4. The highest BCUT2D eigenvalue weighted by Gasteiger charge is 2.34. The Morgan fingerprint density at radius 1 is 1.36 bits per heavy atom. The minimum atomic E-state index is -0.524. The maximum atomic E-state index is 12.3. The van der Waals surface area contributed by atoms with Crippen molar-refractivity contribution in [1.29, 1.82) is 0 Å². The van der Waals surface area contributed by atoms with Crippen LogP contribution in [0.3, 0.4) is 0 Å². The van der Waals surface area contributed by atoms with Crippen molar-refractivity contribution in [2.75, 3.05) is 24.5 Å². The molecule has 1 aromatic rings. The molecule has 0 radical (unpaired) electrons. The number of rotatable bonds is 3. The van der Waals surface area contributed by atoms with Gasteiger partial charge in [0.15, 0.2) is 6.20 Å². The predicted octanol–water partition coefficient (Wildman–Crippen LogP) is 3.07. The van der Waals surface area contributed by atoms with Gasteiger partial charge in [-0.3, -0.25) is 0 Å². The average Bonchev–Trinajstić information content (AvgIpc) is 2.52. The second-order valence-electron chi connectivity index (χ2n) is 7.56. The van der Waals surface area contributed by atoms with Crippen molar-refractivity contribution in [3.05, 3.63) is 28.4 Å². The molecule has 1 fully saturated rings. The van der Waals surface area contributed by atoms with E-state index in [-0.39, 0.29) is 18.0 Å². The van der Waals surface area contributed by atoms with Gasteiger partial charge >= 0.3 is 11.9 Å². The maximum absolute atomic E-state index is 12.3. The van der Waals surface area contributed by atoms with Gasteiger partial charge in [0.2, 0.25) is 0 Å². The molecule has 1 amide bonds. The molecule has 1 saturated heterocycles. The third kappa shape index (κ3) is 4.80. The lowest BCUT2D eigenvalue weighted by atomic mass is 9.99. The van der Waals surface area contributed by atoms with E-state index in [4.69, 9.17) is 4.74 Å². The van der Waals surface area contributed by atoms with E-state index in [0.717, 1.165) is 5.69 Å². The monoisotopic (exact) mass is 350 g/mol. The number of hydrogen-bond acceptors (Lipinski definition) is 6. The fraction of sp³-hybridized carbons (Fsp3) is 0.647. The number of anilines is 1. The van der Waals surface area contributed by atoms with Gasteiger partial charge in [0.1, 0.15) is 5.60 Å². The maximum Gasteiger partial charge on any atom is 0.410 e. The third-order valence-electron chi connectivity index (χ3n) is 4.09. The van der Waals surface area contributed by atoms with Crippen LogP contribution in [0.1, 0.15) is 34.6 Å². The zero-order valence-electron chi connectivity index (χ0n) is 15.4. The van der Waals surface area contributed by atoms with Crippen molar-refractivity contribution in [3.8, 4) is 0 Å². The molecular weight excluding hydrogens is 324 g/mol. The molecule has 1 aliphatic rings. The summed E-state index contributed by atoms with van der Waals surface area (Å²) in [5.74, 6) is 0.123. The van der Waals surface area contributed by atoms with Crippen molar-refractivity contribution < 1.29 is 14.5 Å². The second-order valence-corrected chi connectivity index (χ2v) is 7.56. The molecule has 2 heterocycles. The first-order valence-electron chi connectivity index (χ1n) is 8.43. The summed E-state index contributed by atoms with van der Waals surface area (Å²) in [7, 11) is 0. The van der Waals surface area contributed by atoms with E-state index in [1.54, 1.807) is 11.0 Å². The van der Waals surface area contributed by atoms with Crippen LogP contribution in [-0.4, -0.2) is 52.2 Å². The number of ether oxygens (including phenoxy) is 1. The molecule has 0 spiro atoms. The molecule has 0 saturated carbocycles. The van der Waals surface area contributed by atoms with E-state index >= 15 is 0 Å². The quantitative estimate of drug-likeness (QED) is 0.615. The lowest BCUT2D eigenvalue weighted by molar-refractivity contribution is -0.389. The summed E-state index contributed by atoms with van der Waals surface area (Å²) in [6.45, 7) is 11.4. The van der Waals surface area contributed by atoms with E-state index in [0.29, 0.717) is 25.6 Å². The third-order valence-corrected chi connectivity index (χ3v) is 4.09. The van der Waals surface area contributed by atoms with Gasteiger partial charge in [-0.15, -0.1) is 0 Å². The molecule has 25 heavy (non-hydrogen) atoms. The summed E-state index contributed by atoms with van der Waals surface area (Å²) in [6.07, 6.45) is 1.22. The Labute approximate surface area is 147 Å². The first-order chi connectivity index (χ1) is 11.6. The van der Waals surface area contributed by atoms with Crippen LogP contribution in [0.15, 0.2) is 18.3 Å². The molecule has 8 nitrogen and oxygen atoms in total. The fourth-order valence-corrected chi connectivity index (χ4v) is 2.85. The number of nitro groups is 1. The fourth-order valence-electron chi connectivity index (χ4n) is 2.85. The Balaban J connectivity index is 2.14. The van der Waals surface area contributed by atoms with Crippen LogP contribution in [0.5, 0.6) is 0 Å². The highest BCUT2D eigenvalue weighted by molar-refractivity contribution is 5.69. The summed E-state index contributed by atoms with van der Waals surface area (Å²) < 4.78 is 5.47. The van der Waals surface area contributed by atoms with Crippen LogP contribution in [0.25, 0.3) is 0 Å². The van der Waals surface area contributed by atoms with E-state index in [1.165, 1.54) is 12.3 Å². The van der Waals surface area contributed by atoms with Gasteiger partial charge in [0.25, 0.3) is 0 Å². The standard InChI is InChI=1S/C17H26N4O4/c1-12(2)14-11-19(16(22)25-17(3,4)5)8-9-20(14)13-6-7-15(18-10-13)21(23)24/h6-7,10,12,14H,8-9,11H2,1-5H3/t14-/m1/s1. The molecule has 0 aromatic carbocycles. The zero-order chi connectivity index (χ0) is 18.8. The molecule has 2 rings (SSSR count). The molecule has 0 aliphatic carbocycles. The van der Waals surface area contributed by atoms with Crippen LogP contribution in [-0.2, 0) is 4.74 Å². The van der Waals surface area contributed by atoms with Crippen molar-refractivity contribution in [3.63, 3.8) is 0 Å². The Bertz CT molecular complexity index is 625. The molecule has 0 bridgehead atoms. The molecule has 8 heteroatoms. The summed E-state index contributed by atoms with van der Waals surface area (Å²) in [5, 5.41) is 10.8. The summed E-state index contributed by atoms with van der Waals surface area (Å²) in [4.78, 5) is 30.4. The Morgan fingerprint density at radius 2 is 2.04 bits per heavy atom. The van der Waals surface area contributed by atoms with Gasteiger partial charge in [0.05, 0.1) is 5.69 Å². The predicted molar refractivity (Wildman–Crippen MR) is 94.7 cm³/mol. The summed E-state index contributed by atoms with van der Waals surface area (Å²) in [5.41, 5.74) is 0.303. The lowest BCUT2D eigenvalue weighted by Gasteiger charge is -2.44. The van der Waals surface area contributed by atoms with Crippen molar-refractivity contribution in [1.82, 2.24) is 9.88 Å². The molecule has 0 N–H and O–H groups in total. The van der Waals surface area contributed by atoms with E-state index in [9.17, 15) is 14.9 Å². The molecule has 1 aromatic heterocycles. The summed E-state index contributed by atoms with van der Waals surface area (Å²) in [6, 6.07) is 3.21. The van der Waals surface area contributed by atoms with E-state index < -0.39 is 10.5 Å². The highest BCUT2D eigenvalue weighted by atomic mass is 16.6. The van der Waals surface area contributed by atoms with E-state index in [2.05, 4.69) is 23.7 Å². The molecule has 1 aliphatic heterocycles. The van der Waals surface area contributed by atoms with E-state index in [1.807, 2.05) is 20.8 Å². The Kier molecular flexibility index (Phi) is 5.49. The SMILES string of the molecule is CC(C)[C@H]1CN(C(=O)OC(C)(C)C)CCN1c1ccc([N+](=O)[O-])nc1. The minimum Gasteiger partial charge on any atom is -0.444 e. The van der Waals surface area contributed by atoms with Gasteiger partial charge < -0.3 is 24.7 Å². The first-order valence-corrected chi connectivity index (χ1v) is 8.43. The van der Waals surface area contributed by atoms with Gasteiger partial charge in [-0.2, -0.15) is 0 Å². The van der Waals surface area contributed by atoms with Gasteiger partial charge in [0, 0.05) is 31.7 Å². The van der Waals surface area contributed by atoms with Gasteiger partial charge in [-0.25, -0.2) is 4.79 Å². The molecule has 0 unspecified atom stereocenters. The lowest BCUT2D eigenvalue weighted by Crippen LogP contribution is -2.57. The summed E-state index contributed by atoms with van der Waals surface area (Å²) >= 11 is 0. The highest BCUT2D eigenvalue weighted by Crippen LogP contribution is 2.26. The van der Waals surface area contributed by atoms with Crippen LogP contribution in [0.4, 0.5) is 16.3 Å². The molecule has 138 valence electrons. The molecule has 1 atom stereocenters. The Morgan fingerprint density at radius 3 is 2.52 bits per heavy atom. The van der Waals surface area contributed by atoms with Crippen molar-refractivity contribution >= 4 is 17.6 Å². The van der Waals surface area contributed by atoms with Crippen molar-refractivity contribution in [2.45, 2.75) is 46.3 Å². The van der Waals surface area contributed by atoms with Crippen LogP contribution in [0, 0.1) is 16.0 Å². The number of carbonyl (C=O) groups excluding carboxylic acids is 1. The first kappa shape index (κ1) is 19.0. The number of amides is 1. The van der Waals surface area contributed by atoms with Crippen molar-refractivity contribution in [2.24, 2.45) is 5.92 Å². The van der Waals surface area contributed by atoms with Gasteiger partial charge in [-0.05, 0) is 42.7 Å². The number of aromatic nitrogens is 1. The zero-order valence-corrected chi connectivity index (χ0v) is 15.4. The van der Waals surface area contributed by atoms with Crippen LogP contribution >= 0.6 is 0 Å².